The zero-order chi connectivity index (χ0) is 13.5. The number of nitrogens with one attached hydrogen (secondary N) is 1. The van der Waals surface area contributed by atoms with Crippen molar-refractivity contribution >= 4 is 11.6 Å². The van der Waals surface area contributed by atoms with Crippen LogP contribution in [0.25, 0.3) is 0 Å². The van der Waals surface area contributed by atoms with E-state index in [0.29, 0.717) is 5.75 Å². The topological polar surface area (TPSA) is 117 Å². The smallest absolute Gasteiger partial charge is 0.311 e. The molecule has 0 aliphatic heterocycles. The van der Waals surface area contributed by atoms with E-state index in [1.807, 2.05) is 5.43 Å². The molecule has 1 rings (SSSR count). The molecular formula is C10H13N3O5. The zero-order valence-corrected chi connectivity index (χ0v) is 9.71. The first-order valence-electron chi connectivity index (χ1n) is 5.03. The van der Waals surface area contributed by atoms with Gasteiger partial charge in [0.1, 0.15) is 5.75 Å². The number of nitrogens with zero attached hydrogens (tertiary/aromatic N) is 1. The van der Waals surface area contributed by atoms with Gasteiger partial charge in [-0.15, -0.1) is 0 Å². The summed E-state index contributed by atoms with van der Waals surface area (Å²) in [4.78, 5) is 21.1. The number of nitro groups is 1. The molecule has 0 atom stereocenters. The number of nitro benzene ring substituents is 1. The molecule has 0 heterocycles. The van der Waals surface area contributed by atoms with Crippen molar-refractivity contribution in [2.75, 3.05) is 13.7 Å². The van der Waals surface area contributed by atoms with Crippen molar-refractivity contribution in [1.82, 2.24) is 5.43 Å². The van der Waals surface area contributed by atoms with Gasteiger partial charge in [0.2, 0.25) is 11.7 Å². The lowest BCUT2D eigenvalue weighted by Crippen LogP contribution is -2.31. The number of amides is 1. The van der Waals surface area contributed by atoms with Crippen molar-refractivity contribution in [3.8, 4) is 11.5 Å². The Labute approximate surface area is 103 Å². The summed E-state index contributed by atoms with van der Waals surface area (Å²) in [5.74, 6) is 4.95. The normalized spacial score (nSPS) is 9.67. The average molecular weight is 255 g/mol. The van der Waals surface area contributed by atoms with Crippen molar-refractivity contribution < 1.29 is 19.2 Å². The highest BCUT2D eigenvalue weighted by Crippen LogP contribution is 2.31. The van der Waals surface area contributed by atoms with Gasteiger partial charge in [-0.05, 0) is 6.07 Å². The number of carbonyl (C=O) groups excluding carboxylic acids is 1. The third-order valence-corrected chi connectivity index (χ3v) is 2.11. The van der Waals surface area contributed by atoms with E-state index < -0.39 is 10.8 Å². The molecule has 0 unspecified atom stereocenters. The maximum atomic E-state index is 10.9. The fraction of sp³-hybridized carbons (Fsp3) is 0.300. The van der Waals surface area contributed by atoms with E-state index in [-0.39, 0.29) is 24.5 Å². The highest BCUT2D eigenvalue weighted by molar-refractivity contribution is 5.75. The Morgan fingerprint density at radius 2 is 2.28 bits per heavy atom. The summed E-state index contributed by atoms with van der Waals surface area (Å²) in [6.45, 7) is -0.0168. The molecule has 0 fully saturated rings. The number of benzene rings is 1. The first-order valence-corrected chi connectivity index (χ1v) is 5.03. The predicted octanol–water partition coefficient (Wildman–Crippen LogP) is 0.362. The van der Waals surface area contributed by atoms with Crippen LogP contribution in [0.2, 0.25) is 0 Å². The van der Waals surface area contributed by atoms with E-state index in [1.165, 1.54) is 25.3 Å². The van der Waals surface area contributed by atoms with Crippen LogP contribution in [0.4, 0.5) is 5.69 Å². The average Bonchev–Trinajstić information content (AvgIpc) is 2.37. The second-order valence-corrected chi connectivity index (χ2v) is 3.26. The second-order valence-electron chi connectivity index (χ2n) is 3.26. The van der Waals surface area contributed by atoms with E-state index in [9.17, 15) is 14.9 Å². The molecule has 0 aliphatic carbocycles. The Hall–Kier alpha value is -2.35. The van der Waals surface area contributed by atoms with Crippen LogP contribution in [0.5, 0.6) is 11.5 Å². The summed E-state index contributed by atoms with van der Waals surface area (Å²) in [5.41, 5.74) is 1.74. The van der Waals surface area contributed by atoms with Gasteiger partial charge in [0.15, 0.2) is 0 Å². The van der Waals surface area contributed by atoms with E-state index in [4.69, 9.17) is 15.3 Å². The summed E-state index contributed by atoms with van der Waals surface area (Å²) >= 11 is 0. The number of hydrogen-bond donors (Lipinski definition) is 2. The van der Waals surface area contributed by atoms with E-state index in [0.717, 1.165) is 0 Å². The van der Waals surface area contributed by atoms with Gasteiger partial charge in [-0.3, -0.25) is 20.3 Å². The number of rotatable bonds is 6. The molecule has 8 heteroatoms. The Bertz CT molecular complexity index is 449. The van der Waals surface area contributed by atoms with Gasteiger partial charge in [0, 0.05) is 12.1 Å². The number of nitrogens with two attached hydrogens (primary N) is 1. The summed E-state index contributed by atoms with van der Waals surface area (Å²) in [5, 5.41) is 10.8. The lowest BCUT2D eigenvalue weighted by molar-refractivity contribution is -0.385. The van der Waals surface area contributed by atoms with Crippen LogP contribution >= 0.6 is 0 Å². The summed E-state index contributed by atoms with van der Waals surface area (Å²) in [6, 6.07) is 4.12. The minimum atomic E-state index is -0.572. The first-order chi connectivity index (χ1) is 8.58. The molecule has 8 nitrogen and oxygen atoms in total. The SMILES string of the molecule is COc1ccc([N+](=O)[O-])c(OCCC(=O)NN)c1. The van der Waals surface area contributed by atoms with E-state index in [2.05, 4.69) is 0 Å². The molecule has 0 spiro atoms. The second kappa shape index (κ2) is 6.40. The van der Waals surface area contributed by atoms with Crippen molar-refractivity contribution in [2.45, 2.75) is 6.42 Å². The van der Waals surface area contributed by atoms with Crippen molar-refractivity contribution in [3.05, 3.63) is 28.3 Å². The quantitative estimate of drug-likeness (QED) is 0.328. The molecule has 3 N–H and O–H groups in total. The van der Waals surface area contributed by atoms with Crippen molar-refractivity contribution in [3.63, 3.8) is 0 Å². The van der Waals surface area contributed by atoms with Crippen LogP contribution in [-0.2, 0) is 4.79 Å². The van der Waals surface area contributed by atoms with Gasteiger partial charge in [-0.1, -0.05) is 0 Å². The molecule has 1 amide bonds. The number of methoxy groups -OCH3 is 1. The third kappa shape index (κ3) is 3.59. The Kier molecular flexibility index (Phi) is 4.88. The van der Waals surface area contributed by atoms with E-state index in [1.54, 1.807) is 0 Å². The lowest BCUT2D eigenvalue weighted by Gasteiger charge is -2.07. The van der Waals surface area contributed by atoms with Gasteiger partial charge in [0.05, 0.1) is 25.1 Å². The first kappa shape index (κ1) is 13.7. The maximum absolute atomic E-state index is 10.9. The van der Waals surface area contributed by atoms with Gasteiger partial charge in [-0.2, -0.15) is 0 Å². The van der Waals surface area contributed by atoms with Crippen molar-refractivity contribution in [2.24, 2.45) is 5.84 Å². The third-order valence-electron chi connectivity index (χ3n) is 2.11. The van der Waals surface area contributed by atoms with Crippen LogP contribution < -0.4 is 20.7 Å². The van der Waals surface area contributed by atoms with Crippen LogP contribution in [0.15, 0.2) is 18.2 Å². The van der Waals surface area contributed by atoms with Crippen LogP contribution in [0.1, 0.15) is 6.42 Å². The standard InChI is InChI=1S/C10H13N3O5/c1-17-7-2-3-8(13(15)16)9(6-7)18-5-4-10(14)12-11/h2-3,6H,4-5,11H2,1H3,(H,12,14). The molecule has 0 bridgehead atoms. The number of hydrogen-bond acceptors (Lipinski definition) is 6. The number of ether oxygens (including phenoxy) is 2. The molecule has 18 heavy (non-hydrogen) atoms. The minimum Gasteiger partial charge on any atom is -0.497 e. The number of carbonyl (C=O) groups is 1. The molecule has 1 aromatic rings. The predicted molar refractivity (Wildman–Crippen MR) is 62.1 cm³/mol. The monoisotopic (exact) mass is 255 g/mol. The fourth-order valence-electron chi connectivity index (χ4n) is 1.21. The van der Waals surface area contributed by atoms with Crippen molar-refractivity contribution in [1.29, 1.82) is 0 Å². The molecule has 1 aromatic carbocycles. The molecule has 0 saturated carbocycles. The molecule has 0 aliphatic rings. The van der Waals surface area contributed by atoms with Gasteiger partial charge >= 0.3 is 5.69 Å². The van der Waals surface area contributed by atoms with E-state index >= 15 is 0 Å². The van der Waals surface area contributed by atoms with Crippen LogP contribution in [0, 0.1) is 10.1 Å². The van der Waals surface area contributed by atoms with Crippen LogP contribution in [0.3, 0.4) is 0 Å². The largest absolute Gasteiger partial charge is 0.497 e. The zero-order valence-electron chi connectivity index (χ0n) is 9.71. The maximum Gasteiger partial charge on any atom is 0.311 e. The Balaban J connectivity index is 2.78. The van der Waals surface area contributed by atoms with Gasteiger partial charge < -0.3 is 9.47 Å². The van der Waals surface area contributed by atoms with Gasteiger partial charge in [-0.25, -0.2) is 5.84 Å². The molecule has 98 valence electrons. The number of hydrazine groups is 1. The summed E-state index contributed by atoms with van der Waals surface area (Å²) in [6.07, 6.45) is 0.00483. The highest BCUT2D eigenvalue weighted by Gasteiger charge is 2.16. The molecule has 0 aromatic heterocycles. The molecule has 0 saturated heterocycles. The lowest BCUT2D eigenvalue weighted by atomic mass is 10.3. The summed E-state index contributed by atoms with van der Waals surface area (Å²) < 4.78 is 10.1. The highest BCUT2D eigenvalue weighted by atomic mass is 16.6. The summed E-state index contributed by atoms with van der Waals surface area (Å²) in [7, 11) is 1.44. The van der Waals surface area contributed by atoms with Crippen LogP contribution in [-0.4, -0.2) is 24.5 Å². The fourth-order valence-corrected chi connectivity index (χ4v) is 1.21. The van der Waals surface area contributed by atoms with Gasteiger partial charge in [0.25, 0.3) is 0 Å². The molecular weight excluding hydrogens is 242 g/mol. The Morgan fingerprint density at radius 3 is 2.83 bits per heavy atom. The molecule has 0 radical (unpaired) electrons. The minimum absolute atomic E-state index is 0.00483. The Morgan fingerprint density at radius 1 is 1.56 bits per heavy atom.